The number of halogens is 1. The number of hydrogen-bond donors (Lipinski definition) is 2. The summed E-state index contributed by atoms with van der Waals surface area (Å²) in [5.41, 5.74) is 0.503. The van der Waals surface area contributed by atoms with E-state index in [2.05, 4.69) is 5.32 Å². The maximum absolute atomic E-state index is 12.8. The monoisotopic (exact) mass is 251 g/mol. The third kappa shape index (κ3) is 3.53. The van der Waals surface area contributed by atoms with Gasteiger partial charge in [0.2, 0.25) is 0 Å². The van der Waals surface area contributed by atoms with Gasteiger partial charge in [-0.1, -0.05) is 31.4 Å². The third-order valence-corrected chi connectivity index (χ3v) is 3.89. The van der Waals surface area contributed by atoms with Crippen LogP contribution in [0.3, 0.4) is 0 Å². The van der Waals surface area contributed by atoms with Gasteiger partial charge in [0, 0.05) is 12.6 Å². The lowest BCUT2D eigenvalue weighted by molar-refractivity contribution is 0.00300. The summed E-state index contributed by atoms with van der Waals surface area (Å²) in [5.74, 6) is -0.211. The van der Waals surface area contributed by atoms with Gasteiger partial charge in [0.1, 0.15) is 5.82 Å². The molecule has 0 saturated heterocycles. The molecule has 0 amide bonds. The van der Waals surface area contributed by atoms with Crippen molar-refractivity contribution in [3.63, 3.8) is 0 Å². The summed E-state index contributed by atoms with van der Waals surface area (Å²) in [7, 11) is 0. The molecule has 2 rings (SSSR count). The molecular formula is C15H22FNO. The smallest absolute Gasteiger partial charge is 0.123 e. The van der Waals surface area contributed by atoms with Crippen LogP contribution in [0.5, 0.6) is 0 Å². The van der Waals surface area contributed by atoms with E-state index in [1.165, 1.54) is 18.6 Å². The molecule has 2 nitrogen and oxygen atoms in total. The summed E-state index contributed by atoms with van der Waals surface area (Å²) in [6.45, 7) is 2.66. The number of rotatable bonds is 4. The standard InChI is InChI=1S/C15H22FNO/c1-12(13-5-7-14(16)8-6-13)17-11-15(18)9-3-2-4-10-15/h5-8,12,17-18H,2-4,9-11H2,1H3/t12-/m0/s1. The third-order valence-electron chi connectivity index (χ3n) is 3.89. The summed E-state index contributed by atoms with van der Waals surface area (Å²) in [4.78, 5) is 0. The van der Waals surface area contributed by atoms with E-state index < -0.39 is 5.60 Å². The second kappa shape index (κ2) is 5.81. The first kappa shape index (κ1) is 13.5. The molecule has 0 heterocycles. The number of hydrogen-bond acceptors (Lipinski definition) is 2. The minimum atomic E-state index is -0.549. The van der Waals surface area contributed by atoms with Gasteiger partial charge in [0.15, 0.2) is 0 Å². The van der Waals surface area contributed by atoms with E-state index in [0.29, 0.717) is 6.54 Å². The highest BCUT2D eigenvalue weighted by molar-refractivity contribution is 5.19. The highest BCUT2D eigenvalue weighted by atomic mass is 19.1. The normalized spacial score (nSPS) is 20.6. The molecule has 1 saturated carbocycles. The molecule has 3 heteroatoms. The van der Waals surface area contributed by atoms with Crippen LogP contribution in [0.1, 0.15) is 50.6 Å². The topological polar surface area (TPSA) is 32.3 Å². The minimum absolute atomic E-state index is 0.136. The van der Waals surface area contributed by atoms with Crippen molar-refractivity contribution in [3.8, 4) is 0 Å². The second-order valence-corrected chi connectivity index (χ2v) is 5.44. The maximum Gasteiger partial charge on any atom is 0.123 e. The first-order chi connectivity index (χ1) is 8.59. The van der Waals surface area contributed by atoms with Crippen LogP contribution in [0.15, 0.2) is 24.3 Å². The predicted octanol–water partition coefficient (Wildman–Crippen LogP) is 3.17. The quantitative estimate of drug-likeness (QED) is 0.861. The van der Waals surface area contributed by atoms with Crippen molar-refractivity contribution in [1.82, 2.24) is 5.32 Å². The SMILES string of the molecule is C[C@H](NCC1(O)CCCCC1)c1ccc(F)cc1. The van der Waals surface area contributed by atoms with Gasteiger partial charge in [-0.25, -0.2) is 4.39 Å². The van der Waals surface area contributed by atoms with Crippen molar-refractivity contribution >= 4 is 0 Å². The summed E-state index contributed by atoms with van der Waals surface area (Å²) < 4.78 is 12.8. The molecular weight excluding hydrogens is 229 g/mol. The van der Waals surface area contributed by atoms with E-state index in [9.17, 15) is 9.50 Å². The van der Waals surface area contributed by atoms with Gasteiger partial charge in [-0.05, 0) is 37.5 Å². The van der Waals surface area contributed by atoms with Crippen LogP contribution in [0, 0.1) is 5.82 Å². The Kier molecular flexibility index (Phi) is 4.36. The Morgan fingerprint density at radius 3 is 2.44 bits per heavy atom. The molecule has 2 N–H and O–H groups in total. The lowest BCUT2D eigenvalue weighted by Crippen LogP contribution is -2.42. The Morgan fingerprint density at radius 1 is 1.22 bits per heavy atom. The molecule has 1 fully saturated rings. The molecule has 0 spiro atoms. The van der Waals surface area contributed by atoms with Crippen LogP contribution in [-0.4, -0.2) is 17.3 Å². The Labute approximate surface area is 108 Å². The van der Waals surface area contributed by atoms with Crippen molar-refractivity contribution in [2.24, 2.45) is 0 Å². The van der Waals surface area contributed by atoms with Crippen LogP contribution in [0.25, 0.3) is 0 Å². The molecule has 0 aliphatic heterocycles. The average molecular weight is 251 g/mol. The zero-order chi connectivity index (χ0) is 13.0. The molecule has 0 bridgehead atoms. The molecule has 1 aromatic carbocycles. The van der Waals surface area contributed by atoms with Crippen molar-refractivity contribution in [2.45, 2.75) is 50.7 Å². The van der Waals surface area contributed by atoms with Crippen LogP contribution in [-0.2, 0) is 0 Å². The first-order valence-electron chi connectivity index (χ1n) is 6.80. The minimum Gasteiger partial charge on any atom is -0.389 e. The van der Waals surface area contributed by atoms with E-state index in [1.54, 1.807) is 12.1 Å². The largest absolute Gasteiger partial charge is 0.389 e. The van der Waals surface area contributed by atoms with Gasteiger partial charge >= 0.3 is 0 Å². The van der Waals surface area contributed by atoms with Gasteiger partial charge in [-0.3, -0.25) is 0 Å². The summed E-state index contributed by atoms with van der Waals surface area (Å²) in [6.07, 6.45) is 5.23. The molecule has 0 radical (unpaired) electrons. The van der Waals surface area contributed by atoms with Gasteiger partial charge in [-0.2, -0.15) is 0 Å². The fraction of sp³-hybridized carbons (Fsp3) is 0.600. The van der Waals surface area contributed by atoms with Crippen LogP contribution < -0.4 is 5.32 Å². The second-order valence-electron chi connectivity index (χ2n) is 5.44. The molecule has 1 aromatic rings. The van der Waals surface area contributed by atoms with E-state index in [-0.39, 0.29) is 11.9 Å². The molecule has 0 unspecified atom stereocenters. The van der Waals surface area contributed by atoms with Crippen molar-refractivity contribution in [2.75, 3.05) is 6.54 Å². The Balaban J connectivity index is 1.87. The Bertz CT molecular complexity index is 371. The molecule has 18 heavy (non-hydrogen) atoms. The maximum atomic E-state index is 12.8. The zero-order valence-electron chi connectivity index (χ0n) is 11.0. The van der Waals surface area contributed by atoms with Gasteiger partial charge in [0.05, 0.1) is 5.60 Å². The van der Waals surface area contributed by atoms with E-state index in [0.717, 1.165) is 31.2 Å². The highest BCUT2D eigenvalue weighted by Crippen LogP contribution is 2.28. The van der Waals surface area contributed by atoms with Crippen molar-refractivity contribution < 1.29 is 9.50 Å². The van der Waals surface area contributed by atoms with E-state index in [1.807, 2.05) is 6.92 Å². The summed E-state index contributed by atoms with van der Waals surface area (Å²) in [5, 5.41) is 13.7. The van der Waals surface area contributed by atoms with Gasteiger partial charge in [0.25, 0.3) is 0 Å². The van der Waals surface area contributed by atoms with Gasteiger partial charge in [-0.15, -0.1) is 0 Å². The summed E-state index contributed by atoms with van der Waals surface area (Å²) in [6, 6.07) is 6.66. The zero-order valence-corrected chi connectivity index (χ0v) is 11.0. The van der Waals surface area contributed by atoms with E-state index >= 15 is 0 Å². The Hall–Kier alpha value is -0.930. The Morgan fingerprint density at radius 2 is 1.83 bits per heavy atom. The fourth-order valence-electron chi connectivity index (χ4n) is 2.60. The number of nitrogens with one attached hydrogen (secondary N) is 1. The van der Waals surface area contributed by atoms with Crippen LogP contribution in [0.4, 0.5) is 4.39 Å². The predicted molar refractivity (Wildman–Crippen MR) is 70.9 cm³/mol. The van der Waals surface area contributed by atoms with Crippen molar-refractivity contribution in [1.29, 1.82) is 0 Å². The number of benzene rings is 1. The molecule has 100 valence electrons. The lowest BCUT2D eigenvalue weighted by atomic mass is 9.84. The first-order valence-corrected chi connectivity index (χ1v) is 6.80. The van der Waals surface area contributed by atoms with Crippen molar-refractivity contribution in [3.05, 3.63) is 35.6 Å². The summed E-state index contributed by atoms with van der Waals surface area (Å²) >= 11 is 0. The fourth-order valence-corrected chi connectivity index (χ4v) is 2.60. The van der Waals surface area contributed by atoms with E-state index in [4.69, 9.17) is 0 Å². The van der Waals surface area contributed by atoms with Crippen LogP contribution >= 0.6 is 0 Å². The lowest BCUT2D eigenvalue weighted by Gasteiger charge is -2.33. The number of aliphatic hydroxyl groups is 1. The molecule has 1 aliphatic rings. The molecule has 1 atom stereocenters. The van der Waals surface area contributed by atoms with Crippen LogP contribution in [0.2, 0.25) is 0 Å². The molecule has 1 aliphatic carbocycles. The van der Waals surface area contributed by atoms with Gasteiger partial charge < -0.3 is 10.4 Å². The highest BCUT2D eigenvalue weighted by Gasteiger charge is 2.29. The molecule has 0 aromatic heterocycles. The average Bonchev–Trinajstić information content (AvgIpc) is 2.38.